The van der Waals surface area contributed by atoms with E-state index in [9.17, 15) is 4.79 Å². The van der Waals surface area contributed by atoms with Crippen LogP contribution in [0.25, 0.3) is 0 Å². The third-order valence-electron chi connectivity index (χ3n) is 3.19. The second-order valence-electron chi connectivity index (χ2n) is 3.94. The summed E-state index contributed by atoms with van der Waals surface area (Å²) in [4.78, 5) is 17.8. The molecule has 0 radical (unpaired) electrons. The molecule has 5 nitrogen and oxygen atoms in total. The molecule has 0 aliphatic heterocycles. The zero-order valence-electron chi connectivity index (χ0n) is 10.5. The Bertz CT molecular complexity index is 406. The van der Waals surface area contributed by atoms with Crippen molar-refractivity contribution in [1.82, 2.24) is 9.97 Å². The first-order valence-electron chi connectivity index (χ1n) is 5.70. The standard InChI is InChI=1S/C11H20N4OS/c1-4-11(5-2,17-3)6-13-9-8(12)10(16)15-7-14-9/h7H,4-6,12H2,1-3H3,(H2,13,14,15,16). The Labute approximate surface area is 106 Å². The molecule has 1 rings (SSSR count). The van der Waals surface area contributed by atoms with Gasteiger partial charge in [-0.1, -0.05) is 13.8 Å². The Balaban J connectivity index is 2.79. The molecule has 1 heterocycles. The smallest absolute Gasteiger partial charge is 0.276 e. The molecule has 1 aromatic rings. The molecule has 0 unspecified atom stereocenters. The van der Waals surface area contributed by atoms with Gasteiger partial charge in [0.2, 0.25) is 0 Å². The van der Waals surface area contributed by atoms with Crippen molar-refractivity contribution in [1.29, 1.82) is 0 Å². The van der Waals surface area contributed by atoms with E-state index in [-0.39, 0.29) is 16.0 Å². The van der Waals surface area contributed by atoms with Crippen molar-refractivity contribution in [2.75, 3.05) is 23.9 Å². The van der Waals surface area contributed by atoms with Crippen molar-refractivity contribution in [2.45, 2.75) is 31.4 Å². The number of aromatic amines is 1. The highest BCUT2D eigenvalue weighted by molar-refractivity contribution is 8.00. The van der Waals surface area contributed by atoms with Crippen LogP contribution in [0.4, 0.5) is 11.5 Å². The van der Waals surface area contributed by atoms with Crippen molar-refractivity contribution in [3.8, 4) is 0 Å². The van der Waals surface area contributed by atoms with Gasteiger partial charge in [0.15, 0.2) is 5.82 Å². The molecule has 0 saturated heterocycles. The van der Waals surface area contributed by atoms with Gasteiger partial charge in [-0.3, -0.25) is 4.79 Å². The molecule has 0 aromatic carbocycles. The van der Waals surface area contributed by atoms with Crippen LogP contribution in [0, 0.1) is 0 Å². The minimum absolute atomic E-state index is 0.148. The Morgan fingerprint density at radius 1 is 1.53 bits per heavy atom. The molecule has 0 aliphatic carbocycles. The van der Waals surface area contributed by atoms with E-state index in [2.05, 4.69) is 35.4 Å². The number of nitrogens with one attached hydrogen (secondary N) is 2. The summed E-state index contributed by atoms with van der Waals surface area (Å²) >= 11 is 1.83. The van der Waals surface area contributed by atoms with Crippen molar-refractivity contribution in [3.63, 3.8) is 0 Å². The lowest BCUT2D eigenvalue weighted by Gasteiger charge is -2.30. The second kappa shape index (κ2) is 5.95. The SMILES string of the molecule is CCC(CC)(CNc1nc[nH]c(=O)c1N)SC. The van der Waals surface area contributed by atoms with Gasteiger partial charge in [-0.05, 0) is 19.1 Å². The van der Waals surface area contributed by atoms with Gasteiger partial charge < -0.3 is 16.0 Å². The lowest BCUT2D eigenvalue weighted by molar-refractivity contribution is 0.574. The van der Waals surface area contributed by atoms with Gasteiger partial charge in [0.25, 0.3) is 5.56 Å². The van der Waals surface area contributed by atoms with E-state index in [0.29, 0.717) is 5.82 Å². The first-order chi connectivity index (χ1) is 8.08. The fourth-order valence-corrected chi connectivity index (χ4v) is 2.45. The number of nitrogens with two attached hydrogens (primary N) is 1. The molecule has 4 N–H and O–H groups in total. The summed E-state index contributed by atoms with van der Waals surface area (Å²) in [6, 6.07) is 0. The average Bonchev–Trinajstić information content (AvgIpc) is 2.36. The van der Waals surface area contributed by atoms with Gasteiger partial charge in [-0.15, -0.1) is 0 Å². The molecular formula is C11H20N4OS. The number of rotatable bonds is 6. The minimum atomic E-state index is -0.301. The van der Waals surface area contributed by atoms with Crippen molar-refractivity contribution >= 4 is 23.3 Å². The van der Waals surface area contributed by atoms with Crippen molar-refractivity contribution in [3.05, 3.63) is 16.7 Å². The average molecular weight is 256 g/mol. The minimum Gasteiger partial charge on any atom is -0.391 e. The number of nitrogens with zero attached hydrogens (tertiary/aromatic N) is 1. The number of thioether (sulfide) groups is 1. The summed E-state index contributed by atoms with van der Waals surface area (Å²) in [6.45, 7) is 5.08. The van der Waals surface area contributed by atoms with Gasteiger partial charge >= 0.3 is 0 Å². The third-order valence-corrected chi connectivity index (χ3v) is 4.78. The Morgan fingerprint density at radius 3 is 2.71 bits per heavy atom. The molecule has 0 atom stereocenters. The first kappa shape index (κ1) is 13.9. The van der Waals surface area contributed by atoms with Crippen LogP contribution in [0.2, 0.25) is 0 Å². The predicted octanol–water partition coefficient (Wildman–Crippen LogP) is 1.69. The maximum absolute atomic E-state index is 11.3. The number of hydrogen-bond donors (Lipinski definition) is 3. The molecule has 1 aromatic heterocycles. The molecule has 0 fully saturated rings. The van der Waals surface area contributed by atoms with E-state index in [4.69, 9.17) is 5.73 Å². The fourth-order valence-electron chi connectivity index (χ4n) is 1.66. The van der Waals surface area contributed by atoms with E-state index in [1.54, 1.807) is 0 Å². The summed E-state index contributed by atoms with van der Waals surface area (Å²) in [5.41, 5.74) is 5.51. The van der Waals surface area contributed by atoms with Crippen LogP contribution in [0.1, 0.15) is 26.7 Å². The lowest BCUT2D eigenvalue weighted by atomic mass is 10.0. The molecule has 0 amide bonds. The van der Waals surface area contributed by atoms with Gasteiger partial charge in [0.1, 0.15) is 5.69 Å². The second-order valence-corrected chi connectivity index (χ2v) is 5.22. The van der Waals surface area contributed by atoms with Crippen LogP contribution < -0.4 is 16.6 Å². The maximum atomic E-state index is 11.3. The highest BCUT2D eigenvalue weighted by Gasteiger charge is 2.25. The van der Waals surface area contributed by atoms with E-state index in [0.717, 1.165) is 19.4 Å². The summed E-state index contributed by atoms with van der Waals surface area (Å²) in [5, 5.41) is 3.17. The van der Waals surface area contributed by atoms with Crippen LogP contribution >= 0.6 is 11.8 Å². The third kappa shape index (κ3) is 3.15. The summed E-state index contributed by atoms with van der Waals surface area (Å²) in [5.74, 6) is 0.467. The van der Waals surface area contributed by atoms with E-state index in [1.165, 1.54) is 6.33 Å². The Kier molecular flexibility index (Phi) is 4.86. The topological polar surface area (TPSA) is 83.8 Å². The quantitative estimate of drug-likeness (QED) is 0.721. The fraction of sp³-hybridized carbons (Fsp3) is 0.636. The number of hydrogen-bond acceptors (Lipinski definition) is 5. The molecule has 6 heteroatoms. The van der Waals surface area contributed by atoms with Gasteiger partial charge in [0.05, 0.1) is 6.33 Å². The van der Waals surface area contributed by atoms with Crippen LogP contribution in [0.3, 0.4) is 0 Å². The lowest BCUT2D eigenvalue weighted by Crippen LogP contribution is -2.33. The predicted molar refractivity (Wildman–Crippen MR) is 74.6 cm³/mol. The molecule has 96 valence electrons. The van der Waals surface area contributed by atoms with E-state index < -0.39 is 0 Å². The van der Waals surface area contributed by atoms with E-state index in [1.807, 2.05) is 11.8 Å². The van der Waals surface area contributed by atoms with Crippen LogP contribution in [-0.2, 0) is 0 Å². The molecule has 0 spiro atoms. The van der Waals surface area contributed by atoms with Crippen molar-refractivity contribution in [2.24, 2.45) is 0 Å². The highest BCUT2D eigenvalue weighted by Crippen LogP contribution is 2.30. The monoisotopic (exact) mass is 256 g/mol. The van der Waals surface area contributed by atoms with E-state index >= 15 is 0 Å². The van der Waals surface area contributed by atoms with Crippen LogP contribution in [-0.4, -0.2) is 27.5 Å². The number of anilines is 2. The number of nitrogen functional groups attached to an aromatic ring is 1. The summed E-state index contributed by atoms with van der Waals surface area (Å²) in [7, 11) is 0. The normalized spacial score (nSPS) is 11.5. The molecule has 0 bridgehead atoms. The summed E-state index contributed by atoms with van der Waals surface area (Å²) < 4.78 is 0.163. The first-order valence-corrected chi connectivity index (χ1v) is 6.93. The number of aromatic nitrogens is 2. The van der Waals surface area contributed by atoms with Gasteiger partial charge in [0, 0.05) is 11.3 Å². The molecule has 17 heavy (non-hydrogen) atoms. The number of H-pyrrole nitrogens is 1. The highest BCUT2D eigenvalue weighted by atomic mass is 32.2. The van der Waals surface area contributed by atoms with Gasteiger partial charge in [-0.25, -0.2) is 4.98 Å². The Hall–Kier alpha value is -1.17. The summed E-state index contributed by atoms with van der Waals surface area (Å²) in [6.07, 6.45) is 5.57. The maximum Gasteiger partial charge on any atom is 0.276 e. The van der Waals surface area contributed by atoms with Crippen LogP contribution in [0.15, 0.2) is 11.1 Å². The largest absolute Gasteiger partial charge is 0.391 e. The zero-order chi connectivity index (χ0) is 12.9. The van der Waals surface area contributed by atoms with Crippen molar-refractivity contribution < 1.29 is 0 Å². The molecule has 0 saturated carbocycles. The molecular weight excluding hydrogens is 236 g/mol. The van der Waals surface area contributed by atoms with Gasteiger partial charge in [-0.2, -0.15) is 11.8 Å². The van der Waals surface area contributed by atoms with Crippen LogP contribution in [0.5, 0.6) is 0 Å². The zero-order valence-corrected chi connectivity index (χ0v) is 11.4. The molecule has 0 aliphatic rings. The Morgan fingerprint density at radius 2 is 2.18 bits per heavy atom.